The second kappa shape index (κ2) is 6.98. The second-order valence-corrected chi connectivity index (χ2v) is 5.25. The summed E-state index contributed by atoms with van der Waals surface area (Å²) >= 11 is 0. The Morgan fingerprint density at radius 2 is 2.21 bits per heavy atom. The lowest BCUT2D eigenvalue weighted by Crippen LogP contribution is -2.47. The minimum absolute atomic E-state index is 0.146. The molecule has 19 heavy (non-hydrogen) atoms. The normalized spacial score (nSPS) is 18.3. The molecule has 106 valence electrons. The fourth-order valence-corrected chi connectivity index (χ4v) is 2.48. The number of hydrogen-bond acceptors (Lipinski definition) is 4. The lowest BCUT2D eigenvalue weighted by atomic mass is 10.0. The first-order valence-corrected chi connectivity index (χ1v) is 7.30. The van der Waals surface area contributed by atoms with Gasteiger partial charge in [0.15, 0.2) is 0 Å². The summed E-state index contributed by atoms with van der Waals surface area (Å²) in [7, 11) is 0. The van der Waals surface area contributed by atoms with Gasteiger partial charge in [-0.1, -0.05) is 13.0 Å². The number of hydrogen-bond donors (Lipinski definition) is 2. The Morgan fingerprint density at radius 1 is 1.42 bits per heavy atom. The molecule has 2 unspecified atom stereocenters. The molecule has 1 aromatic rings. The molecule has 2 atom stereocenters. The number of nitrogens with one attached hydrogen (secondary N) is 1. The van der Waals surface area contributed by atoms with Crippen LogP contribution in [0, 0.1) is 5.92 Å². The van der Waals surface area contributed by atoms with E-state index in [9.17, 15) is 0 Å². The van der Waals surface area contributed by atoms with Crippen molar-refractivity contribution < 1.29 is 4.74 Å². The van der Waals surface area contributed by atoms with Crippen molar-refractivity contribution in [1.82, 2.24) is 10.4 Å². The summed E-state index contributed by atoms with van der Waals surface area (Å²) < 4.78 is 5.87. The average molecular weight is 263 g/mol. The van der Waals surface area contributed by atoms with E-state index >= 15 is 0 Å². The van der Waals surface area contributed by atoms with Crippen LogP contribution in [-0.2, 0) is 17.6 Å². The van der Waals surface area contributed by atoms with E-state index < -0.39 is 0 Å². The van der Waals surface area contributed by atoms with Crippen LogP contribution in [0.3, 0.4) is 0 Å². The Balaban J connectivity index is 1.99. The van der Waals surface area contributed by atoms with Gasteiger partial charge in [-0.25, -0.2) is 0 Å². The van der Waals surface area contributed by atoms with Gasteiger partial charge in [-0.3, -0.25) is 16.3 Å². The molecule has 4 heteroatoms. The largest absolute Gasteiger partial charge is 0.377 e. The molecule has 3 N–H and O–H groups in total. The first-order valence-electron chi connectivity index (χ1n) is 7.30. The van der Waals surface area contributed by atoms with Gasteiger partial charge in [0, 0.05) is 24.9 Å². The Kier molecular flexibility index (Phi) is 5.31. The molecule has 1 fully saturated rings. The molecule has 1 saturated carbocycles. The Bertz CT molecular complexity index is 375. The fraction of sp³-hybridized carbons (Fsp3) is 0.667. The highest BCUT2D eigenvalue weighted by Gasteiger charge is 2.37. The zero-order valence-electron chi connectivity index (χ0n) is 11.9. The summed E-state index contributed by atoms with van der Waals surface area (Å²) in [5, 5.41) is 0. The van der Waals surface area contributed by atoms with Crippen molar-refractivity contribution in [2.75, 3.05) is 6.61 Å². The predicted octanol–water partition coefficient (Wildman–Crippen LogP) is 1.83. The van der Waals surface area contributed by atoms with Crippen LogP contribution in [0.25, 0.3) is 0 Å². The van der Waals surface area contributed by atoms with Crippen LogP contribution in [0.1, 0.15) is 37.9 Å². The van der Waals surface area contributed by atoms with E-state index in [-0.39, 0.29) is 12.1 Å². The highest BCUT2D eigenvalue weighted by atomic mass is 16.5. The molecule has 4 nitrogen and oxygen atoms in total. The number of rotatable bonds is 8. The van der Waals surface area contributed by atoms with Gasteiger partial charge in [0.2, 0.25) is 0 Å². The van der Waals surface area contributed by atoms with Crippen LogP contribution in [0.15, 0.2) is 18.3 Å². The maximum Gasteiger partial charge on any atom is 0.0773 e. The van der Waals surface area contributed by atoms with Gasteiger partial charge in [-0.2, -0.15) is 0 Å². The van der Waals surface area contributed by atoms with Crippen LogP contribution in [-0.4, -0.2) is 23.7 Å². The van der Waals surface area contributed by atoms with Gasteiger partial charge in [0.1, 0.15) is 0 Å². The number of nitrogens with two attached hydrogens (primary N) is 1. The third-order valence-corrected chi connectivity index (χ3v) is 3.78. The van der Waals surface area contributed by atoms with Gasteiger partial charge < -0.3 is 4.74 Å². The molecular weight excluding hydrogens is 238 g/mol. The standard InChI is InChI=1S/C15H25N3O/c1-3-11-5-8-13(17-10-11)9-14(18-16)15(19-4-2)12-6-7-12/h5,8,10,12,14-15,18H,3-4,6-7,9,16H2,1-2H3. The van der Waals surface area contributed by atoms with E-state index in [2.05, 4.69) is 29.5 Å². The molecule has 2 rings (SSSR count). The van der Waals surface area contributed by atoms with E-state index in [1.807, 2.05) is 13.1 Å². The molecule has 1 aliphatic rings. The van der Waals surface area contributed by atoms with E-state index in [0.717, 1.165) is 25.1 Å². The minimum atomic E-state index is 0.146. The summed E-state index contributed by atoms with van der Waals surface area (Å²) in [6.45, 7) is 4.91. The number of aryl methyl sites for hydroxylation is 1. The second-order valence-electron chi connectivity index (χ2n) is 5.25. The Morgan fingerprint density at radius 3 is 2.68 bits per heavy atom. The topological polar surface area (TPSA) is 60.2 Å². The van der Waals surface area contributed by atoms with E-state index in [1.165, 1.54) is 18.4 Å². The summed E-state index contributed by atoms with van der Waals surface area (Å²) in [6.07, 6.45) is 6.52. The smallest absolute Gasteiger partial charge is 0.0773 e. The Hall–Kier alpha value is -0.970. The third-order valence-electron chi connectivity index (χ3n) is 3.78. The molecule has 0 amide bonds. The third kappa shape index (κ3) is 4.00. The van der Waals surface area contributed by atoms with Crippen molar-refractivity contribution in [3.8, 4) is 0 Å². The monoisotopic (exact) mass is 263 g/mol. The number of aromatic nitrogens is 1. The van der Waals surface area contributed by atoms with Crippen molar-refractivity contribution in [1.29, 1.82) is 0 Å². The molecule has 0 aromatic carbocycles. The number of pyridine rings is 1. The van der Waals surface area contributed by atoms with Gasteiger partial charge >= 0.3 is 0 Å². The Labute approximate surface area is 115 Å². The van der Waals surface area contributed by atoms with Crippen molar-refractivity contribution in [2.24, 2.45) is 11.8 Å². The molecule has 0 aliphatic heterocycles. The first kappa shape index (κ1) is 14.4. The zero-order valence-corrected chi connectivity index (χ0v) is 11.9. The number of ether oxygens (including phenoxy) is 1. The highest BCUT2D eigenvalue weighted by molar-refractivity contribution is 5.15. The lowest BCUT2D eigenvalue weighted by molar-refractivity contribution is 0.0189. The van der Waals surface area contributed by atoms with Crippen molar-refractivity contribution >= 4 is 0 Å². The van der Waals surface area contributed by atoms with E-state index in [0.29, 0.717) is 5.92 Å². The lowest BCUT2D eigenvalue weighted by Gasteiger charge is -2.26. The van der Waals surface area contributed by atoms with Crippen molar-refractivity contribution in [3.63, 3.8) is 0 Å². The van der Waals surface area contributed by atoms with E-state index in [1.54, 1.807) is 0 Å². The average Bonchev–Trinajstić information content (AvgIpc) is 3.28. The maximum atomic E-state index is 5.87. The zero-order chi connectivity index (χ0) is 13.7. The summed E-state index contributed by atoms with van der Waals surface area (Å²) in [6, 6.07) is 4.38. The summed E-state index contributed by atoms with van der Waals surface area (Å²) in [5.41, 5.74) is 5.26. The van der Waals surface area contributed by atoms with Gasteiger partial charge in [-0.15, -0.1) is 0 Å². The van der Waals surface area contributed by atoms with Crippen LogP contribution in [0.4, 0.5) is 0 Å². The summed E-state index contributed by atoms with van der Waals surface area (Å²) in [4.78, 5) is 4.51. The predicted molar refractivity (Wildman–Crippen MR) is 76.6 cm³/mol. The minimum Gasteiger partial charge on any atom is -0.377 e. The molecular formula is C15H25N3O. The van der Waals surface area contributed by atoms with Gasteiger partial charge in [0.25, 0.3) is 0 Å². The molecule has 0 radical (unpaired) electrons. The van der Waals surface area contributed by atoms with Crippen LogP contribution in [0.2, 0.25) is 0 Å². The first-order chi connectivity index (χ1) is 9.28. The quantitative estimate of drug-likeness (QED) is 0.555. The SMILES string of the molecule is CCOC(C1CC1)C(Cc1ccc(CC)cn1)NN. The number of nitrogens with zero attached hydrogens (tertiary/aromatic N) is 1. The molecule has 1 aliphatic carbocycles. The highest BCUT2D eigenvalue weighted by Crippen LogP contribution is 2.36. The maximum absolute atomic E-state index is 5.87. The van der Waals surface area contributed by atoms with Crippen LogP contribution < -0.4 is 11.3 Å². The van der Waals surface area contributed by atoms with E-state index in [4.69, 9.17) is 10.6 Å². The van der Waals surface area contributed by atoms with Crippen molar-refractivity contribution in [2.45, 2.75) is 51.7 Å². The molecule has 0 spiro atoms. The fourth-order valence-electron chi connectivity index (χ4n) is 2.48. The van der Waals surface area contributed by atoms with Crippen LogP contribution in [0.5, 0.6) is 0 Å². The number of hydrazine groups is 1. The van der Waals surface area contributed by atoms with Crippen LogP contribution >= 0.6 is 0 Å². The molecule has 0 saturated heterocycles. The van der Waals surface area contributed by atoms with Crippen molar-refractivity contribution in [3.05, 3.63) is 29.6 Å². The van der Waals surface area contributed by atoms with Gasteiger partial charge in [-0.05, 0) is 43.7 Å². The summed E-state index contributed by atoms with van der Waals surface area (Å²) in [5.74, 6) is 6.38. The molecule has 1 heterocycles. The molecule has 1 aromatic heterocycles. The van der Waals surface area contributed by atoms with Gasteiger partial charge in [0.05, 0.1) is 12.1 Å². The molecule has 0 bridgehead atoms.